The van der Waals surface area contributed by atoms with Gasteiger partial charge in [0.05, 0.1) is 21.9 Å². The lowest BCUT2D eigenvalue weighted by atomic mass is 10.2. The van der Waals surface area contributed by atoms with E-state index in [1.165, 1.54) is 36.4 Å². The van der Waals surface area contributed by atoms with Gasteiger partial charge in [-0.3, -0.25) is 15.5 Å². The summed E-state index contributed by atoms with van der Waals surface area (Å²) < 4.78 is 37.6. The number of hydrogen-bond acceptors (Lipinski definition) is 4. The number of alkyl halides is 3. The van der Waals surface area contributed by atoms with Crippen LogP contribution in [0.25, 0.3) is 0 Å². The number of nitrogens with one attached hydrogen (secondary N) is 1. The van der Waals surface area contributed by atoms with E-state index in [0.717, 1.165) is 12.1 Å². The third-order valence-corrected chi connectivity index (χ3v) is 2.59. The minimum absolute atomic E-state index is 0.0928. The van der Waals surface area contributed by atoms with E-state index in [-0.39, 0.29) is 11.4 Å². The zero-order valence-corrected chi connectivity index (χ0v) is 10.9. The molecule has 0 aliphatic heterocycles. The van der Waals surface area contributed by atoms with E-state index in [2.05, 4.69) is 15.8 Å². The Labute approximate surface area is 122 Å². The molecule has 0 atom stereocenters. The van der Waals surface area contributed by atoms with Crippen LogP contribution in [-0.4, -0.2) is 4.92 Å². The van der Waals surface area contributed by atoms with E-state index >= 15 is 0 Å². The zero-order valence-electron chi connectivity index (χ0n) is 10.9. The summed E-state index contributed by atoms with van der Waals surface area (Å²) in [7, 11) is 0. The van der Waals surface area contributed by atoms with E-state index in [9.17, 15) is 23.3 Å². The number of nitrogens with zero attached hydrogens (tertiary/aromatic N) is 3. The second kappa shape index (κ2) is 6.20. The van der Waals surface area contributed by atoms with Crippen LogP contribution in [0, 0.1) is 10.1 Å². The van der Waals surface area contributed by atoms with Gasteiger partial charge in [-0.15, -0.1) is 5.11 Å². The standard InChI is InChI=1S/C13H9F3N4O2/c14-13(15,16)9-2-1-3-11(8-9)18-19-17-10-4-6-12(7-5-10)20(21)22/h1-8H,(H,17,18). The van der Waals surface area contributed by atoms with Crippen molar-refractivity contribution in [3.8, 4) is 0 Å². The van der Waals surface area contributed by atoms with Crippen molar-refractivity contribution in [1.82, 2.24) is 0 Å². The van der Waals surface area contributed by atoms with Crippen molar-refractivity contribution in [3.05, 3.63) is 64.2 Å². The smallest absolute Gasteiger partial charge is 0.260 e. The van der Waals surface area contributed by atoms with E-state index < -0.39 is 16.7 Å². The Kier molecular flexibility index (Phi) is 4.35. The molecule has 1 N–H and O–H groups in total. The molecule has 0 aliphatic carbocycles. The van der Waals surface area contributed by atoms with Gasteiger partial charge in [0.2, 0.25) is 0 Å². The molecule has 2 rings (SSSR count). The summed E-state index contributed by atoms with van der Waals surface area (Å²) in [6.07, 6.45) is -4.44. The van der Waals surface area contributed by atoms with Crippen LogP contribution in [0.1, 0.15) is 5.56 Å². The van der Waals surface area contributed by atoms with E-state index in [1.54, 1.807) is 0 Å². The van der Waals surface area contributed by atoms with Crippen LogP contribution in [0.4, 0.5) is 30.2 Å². The first kappa shape index (κ1) is 15.4. The molecule has 0 heterocycles. The molecule has 22 heavy (non-hydrogen) atoms. The van der Waals surface area contributed by atoms with Gasteiger partial charge in [-0.1, -0.05) is 11.3 Å². The molecule has 2 aromatic rings. The van der Waals surface area contributed by atoms with Crippen molar-refractivity contribution >= 4 is 17.1 Å². The fourth-order valence-electron chi connectivity index (χ4n) is 1.55. The van der Waals surface area contributed by atoms with Crippen LogP contribution in [0.2, 0.25) is 0 Å². The first-order valence-electron chi connectivity index (χ1n) is 5.95. The number of anilines is 1. The zero-order chi connectivity index (χ0) is 16.2. The molecule has 0 unspecified atom stereocenters. The maximum absolute atomic E-state index is 12.5. The number of halogens is 3. The highest BCUT2D eigenvalue weighted by Gasteiger charge is 2.30. The molecule has 0 spiro atoms. The molecule has 0 fully saturated rings. The molecular weight excluding hydrogens is 301 g/mol. The van der Waals surface area contributed by atoms with Crippen LogP contribution in [0.15, 0.2) is 58.9 Å². The number of hydrogen-bond donors (Lipinski definition) is 1. The van der Waals surface area contributed by atoms with Gasteiger partial charge in [0.15, 0.2) is 0 Å². The number of rotatable bonds is 4. The van der Waals surface area contributed by atoms with Crippen LogP contribution >= 0.6 is 0 Å². The molecule has 9 heteroatoms. The third-order valence-electron chi connectivity index (χ3n) is 2.59. The molecular formula is C13H9F3N4O2. The Morgan fingerprint density at radius 3 is 2.36 bits per heavy atom. The highest BCUT2D eigenvalue weighted by atomic mass is 19.4. The van der Waals surface area contributed by atoms with Crippen molar-refractivity contribution in [2.24, 2.45) is 10.3 Å². The predicted molar refractivity (Wildman–Crippen MR) is 72.7 cm³/mol. The van der Waals surface area contributed by atoms with Crippen LogP contribution < -0.4 is 5.43 Å². The molecule has 0 saturated carbocycles. The van der Waals surface area contributed by atoms with Gasteiger partial charge in [-0.05, 0) is 30.3 Å². The van der Waals surface area contributed by atoms with Crippen molar-refractivity contribution < 1.29 is 18.1 Å². The minimum atomic E-state index is -4.44. The molecule has 114 valence electrons. The van der Waals surface area contributed by atoms with Gasteiger partial charge >= 0.3 is 6.18 Å². The SMILES string of the molecule is O=[N+]([O-])c1ccc(N=NNc2cccc(C(F)(F)F)c2)cc1. The molecule has 0 bridgehead atoms. The lowest BCUT2D eigenvalue weighted by molar-refractivity contribution is -0.384. The second-order valence-electron chi connectivity index (χ2n) is 4.16. The Morgan fingerprint density at radius 1 is 1.09 bits per heavy atom. The molecule has 2 aromatic carbocycles. The lowest BCUT2D eigenvalue weighted by Gasteiger charge is -2.07. The summed E-state index contributed by atoms with van der Waals surface area (Å²) in [6.45, 7) is 0. The molecule has 6 nitrogen and oxygen atoms in total. The average molecular weight is 310 g/mol. The van der Waals surface area contributed by atoms with E-state index in [4.69, 9.17) is 0 Å². The third kappa shape index (κ3) is 4.01. The second-order valence-corrected chi connectivity index (χ2v) is 4.16. The average Bonchev–Trinajstić information content (AvgIpc) is 2.47. The van der Waals surface area contributed by atoms with Crippen molar-refractivity contribution in [2.75, 3.05) is 5.43 Å². The molecule has 0 aromatic heterocycles. The molecule has 0 radical (unpaired) electrons. The summed E-state index contributed by atoms with van der Waals surface area (Å²) >= 11 is 0. The fraction of sp³-hybridized carbons (Fsp3) is 0.0769. The van der Waals surface area contributed by atoms with Crippen molar-refractivity contribution in [1.29, 1.82) is 0 Å². The highest BCUT2D eigenvalue weighted by molar-refractivity contribution is 5.46. The lowest BCUT2D eigenvalue weighted by Crippen LogP contribution is -2.04. The van der Waals surface area contributed by atoms with Crippen LogP contribution in [0.3, 0.4) is 0 Å². The summed E-state index contributed by atoms with van der Waals surface area (Å²) in [5, 5.41) is 17.7. The predicted octanol–water partition coefficient (Wildman–Crippen LogP) is 4.72. The van der Waals surface area contributed by atoms with Gasteiger partial charge in [0, 0.05) is 12.1 Å². The number of nitro groups is 1. The minimum Gasteiger partial charge on any atom is -0.260 e. The Bertz CT molecular complexity index is 699. The van der Waals surface area contributed by atoms with E-state index in [1.807, 2.05) is 0 Å². The first-order valence-corrected chi connectivity index (χ1v) is 5.95. The van der Waals surface area contributed by atoms with Crippen LogP contribution in [-0.2, 0) is 6.18 Å². The number of benzene rings is 2. The molecule has 0 amide bonds. The summed E-state index contributed by atoms with van der Waals surface area (Å²) in [5.41, 5.74) is 1.92. The maximum atomic E-state index is 12.5. The molecule has 0 saturated heterocycles. The van der Waals surface area contributed by atoms with Gasteiger partial charge in [0.25, 0.3) is 5.69 Å². The molecule has 0 aliphatic rings. The topological polar surface area (TPSA) is 79.9 Å². The summed E-state index contributed by atoms with van der Waals surface area (Å²) in [4.78, 5) is 9.92. The highest BCUT2D eigenvalue weighted by Crippen LogP contribution is 2.30. The van der Waals surface area contributed by atoms with Crippen LogP contribution in [0.5, 0.6) is 0 Å². The summed E-state index contributed by atoms with van der Waals surface area (Å²) in [6, 6.07) is 9.73. The number of non-ortho nitro benzene ring substituents is 1. The number of nitro benzene ring substituents is 1. The van der Waals surface area contributed by atoms with Gasteiger partial charge in [-0.2, -0.15) is 13.2 Å². The normalized spacial score (nSPS) is 11.6. The maximum Gasteiger partial charge on any atom is 0.416 e. The van der Waals surface area contributed by atoms with Gasteiger partial charge in [-0.25, -0.2) is 0 Å². The van der Waals surface area contributed by atoms with Gasteiger partial charge < -0.3 is 0 Å². The fourth-order valence-corrected chi connectivity index (χ4v) is 1.55. The van der Waals surface area contributed by atoms with E-state index in [0.29, 0.717) is 5.69 Å². The first-order chi connectivity index (χ1) is 10.4. The van der Waals surface area contributed by atoms with Crippen molar-refractivity contribution in [3.63, 3.8) is 0 Å². The Morgan fingerprint density at radius 2 is 1.77 bits per heavy atom. The van der Waals surface area contributed by atoms with Crippen molar-refractivity contribution in [2.45, 2.75) is 6.18 Å². The summed E-state index contributed by atoms with van der Waals surface area (Å²) in [5.74, 6) is 0. The monoisotopic (exact) mass is 310 g/mol. The Hall–Kier alpha value is -2.97. The Balaban J connectivity index is 2.05. The van der Waals surface area contributed by atoms with Gasteiger partial charge in [0.1, 0.15) is 0 Å². The quantitative estimate of drug-likeness (QED) is 0.504. The largest absolute Gasteiger partial charge is 0.416 e.